The number of hydrogen-bond donors (Lipinski definition) is 1. The van der Waals surface area contributed by atoms with Gasteiger partial charge < -0.3 is 14.7 Å². The summed E-state index contributed by atoms with van der Waals surface area (Å²) >= 11 is 0. The van der Waals surface area contributed by atoms with Crippen molar-refractivity contribution in [1.82, 2.24) is 9.66 Å². The quantitative estimate of drug-likeness (QED) is 0.359. The number of methoxy groups -OCH3 is 1. The average Bonchev–Trinajstić information content (AvgIpc) is 2.83. The van der Waals surface area contributed by atoms with E-state index in [1.54, 1.807) is 61.9 Å². The molecule has 1 aromatic heterocycles. The summed E-state index contributed by atoms with van der Waals surface area (Å²) in [6.07, 6.45) is 2.95. The van der Waals surface area contributed by atoms with Gasteiger partial charge in [0.2, 0.25) is 0 Å². The molecule has 4 rings (SSSR count). The molecule has 0 fully saturated rings. The molecule has 160 valence electrons. The van der Waals surface area contributed by atoms with Crippen molar-refractivity contribution in [3.05, 3.63) is 100 Å². The van der Waals surface area contributed by atoms with Gasteiger partial charge in [-0.15, -0.1) is 0 Å². The zero-order valence-corrected chi connectivity index (χ0v) is 17.3. The van der Waals surface area contributed by atoms with Crippen LogP contribution in [0.15, 0.2) is 87.8 Å². The second-order valence-corrected chi connectivity index (χ2v) is 6.75. The lowest BCUT2D eigenvalue weighted by atomic mass is 10.2. The van der Waals surface area contributed by atoms with Gasteiger partial charge in [0.1, 0.15) is 11.5 Å². The minimum Gasteiger partial charge on any atom is -0.507 e. The van der Waals surface area contributed by atoms with Gasteiger partial charge in [0.05, 0.1) is 30.4 Å². The highest BCUT2D eigenvalue weighted by Gasteiger charge is 2.11. The van der Waals surface area contributed by atoms with Crippen molar-refractivity contribution in [2.24, 2.45) is 10.3 Å². The van der Waals surface area contributed by atoms with Gasteiger partial charge in [-0.05, 0) is 54.1 Å². The number of phenols is 1. The van der Waals surface area contributed by atoms with Crippen molar-refractivity contribution >= 4 is 23.3 Å². The molecule has 0 bridgehead atoms. The summed E-state index contributed by atoms with van der Waals surface area (Å²) in [7, 11) is 1.60. The molecule has 8 nitrogen and oxygen atoms in total. The van der Waals surface area contributed by atoms with Gasteiger partial charge in [-0.25, -0.2) is 4.98 Å². The minimum absolute atomic E-state index is 0.0555. The first-order valence-electron chi connectivity index (χ1n) is 9.78. The Morgan fingerprint density at radius 3 is 2.53 bits per heavy atom. The Morgan fingerprint density at radius 1 is 1.00 bits per heavy atom. The van der Waals surface area contributed by atoms with E-state index >= 15 is 0 Å². The fraction of sp³-hybridized carbons (Fsp3) is 0.0833. The van der Waals surface area contributed by atoms with Crippen LogP contribution in [0.1, 0.15) is 17.0 Å². The topological polar surface area (TPSA) is 98.3 Å². The number of benzene rings is 3. The number of oxime groups is 1. The lowest BCUT2D eigenvalue weighted by Gasteiger charge is -2.08. The van der Waals surface area contributed by atoms with Crippen LogP contribution in [0.25, 0.3) is 10.9 Å². The molecule has 1 N–H and O–H groups in total. The van der Waals surface area contributed by atoms with E-state index in [-0.39, 0.29) is 23.7 Å². The summed E-state index contributed by atoms with van der Waals surface area (Å²) in [5.74, 6) is 1.07. The van der Waals surface area contributed by atoms with Gasteiger partial charge in [0.25, 0.3) is 5.56 Å². The second kappa shape index (κ2) is 9.57. The summed E-state index contributed by atoms with van der Waals surface area (Å²) in [4.78, 5) is 22.9. The van der Waals surface area contributed by atoms with Crippen LogP contribution in [0.2, 0.25) is 0 Å². The third-order valence-electron chi connectivity index (χ3n) is 4.66. The molecule has 3 aromatic carbocycles. The van der Waals surface area contributed by atoms with E-state index in [4.69, 9.17) is 9.57 Å². The van der Waals surface area contributed by atoms with E-state index in [0.29, 0.717) is 16.5 Å². The molecule has 0 atom stereocenters. The highest BCUT2D eigenvalue weighted by atomic mass is 16.6. The van der Waals surface area contributed by atoms with Gasteiger partial charge >= 0.3 is 0 Å². The summed E-state index contributed by atoms with van der Waals surface area (Å²) in [6.45, 7) is -0.0785. The van der Waals surface area contributed by atoms with E-state index in [0.717, 1.165) is 16.0 Å². The Morgan fingerprint density at radius 2 is 1.75 bits per heavy atom. The zero-order chi connectivity index (χ0) is 22.3. The number of ether oxygens (including phenoxy) is 1. The van der Waals surface area contributed by atoms with Crippen molar-refractivity contribution in [2.45, 2.75) is 6.61 Å². The second-order valence-electron chi connectivity index (χ2n) is 6.75. The molecule has 8 heteroatoms. The van der Waals surface area contributed by atoms with E-state index in [1.165, 1.54) is 6.21 Å². The molecule has 32 heavy (non-hydrogen) atoms. The predicted octanol–water partition coefficient (Wildman–Crippen LogP) is 3.54. The van der Waals surface area contributed by atoms with Gasteiger partial charge in [-0.3, -0.25) is 4.79 Å². The summed E-state index contributed by atoms with van der Waals surface area (Å²) in [5.41, 5.74) is 1.48. The number of aromatic hydroxyl groups is 1. The molecule has 0 amide bonds. The Hall–Kier alpha value is -4.46. The Labute approximate surface area is 183 Å². The fourth-order valence-corrected chi connectivity index (χ4v) is 2.98. The first-order chi connectivity index (χ1) is 15.7. The smallest absolute Gasteiger partial charge is 0.282 e. The van der Waals surface area contributed by atoms with Crippen LogP contribution >= 0.6 is 0 Å². The largest absolute Gasteiger partial charge is 0.507 e. The lowest BCUT2D eigenvalue weighted by molar-refractivity contribution is 0.123. The monoisotopic (exact) mass is 428 g/mol. The number of para-hydroxylation sites is 2. The standard InChI is InChI=1S/C24H20N4O4/c1-31-19-12-10-17(11-13-19)14-26-32-16-23-27-21-8-4-3-7-20(21)24(30)28(23)25-15-18-6-2-5-9-22(18)29/h2-15,29H,16H2,1H3/b25-15+,26-14+. The number of aromatic nitrogens is 2. The minimum atomic E-state index is -0.347. The van der Waals surface area contributed by atoms with Gasteiger partial charge in [-0.1, -0.05) is 29.4 Å². The molecule has 0 aliphatic rings. The molecule has 0 spiro atoms. The van der Waals surface area contributed by atoms with E-state index < -0.39 is 0 Å². The number of phenolic OH excluding ortho intramolecular Hbond substituents is 1. The fourth-order valence-electron chi connectivity index (χ4n) is 2.98. The number of hydrogen-bond acceptors (Lipinski definition) is 7. The molecule has 0 saturated heterocycles. The third-order valence-corrected chi connectivity index (χ3v) is 4.66. The molecule has 0 aliphatic carbocycles. The van der Waals surface area contributed by atoms with Crippen LogP contribution in [0.3, 0.4) is 0 Å². The molecule has 4 aromatic rings. The zero-order valence-electron chi connectivity index (χ0n) is 17.3. The van der Waals surface area contributed by atoms with E-state index in [2.05, 4.69) is 15.2 Å². The van der Waals surface area contributed by atoms with Crippen LogP contribution in [0, 0.1) is 0 Å². The SMILES string of the molecule is COc1ccc(/C=N/OCc2nc3ccccc3c(=O)n2/N=C/c2ccccc2O)cc1. The van der Waals surface area contributed by atoms with Crippen LogP contribution < -0.4 is 10.3 Å². The van der Waals surface area contributed by atoms with Crippen molar-refractivity contribution in [3.8, 4) is 11.5 Å². The maximum absolute atomic E-state index is 13.0. The number of fused-ring (bicyclic) bond motifs is 1. The molecule has 0 aliphatic heterocycles. The molecular formula is C24H20N4O4. The normalized spacial score (nSPS) is 11.4. The van der Waals surface area contributed by atoms with Gasteiger partial charge in [-0.2, -0.15) is 9.78 Å². The van der Waals surface area contributed by atoms with Crippen LogP contribution in [0.4, 0.5) is 0 Å². The van der Waals surface area contributed by atoms with Crippen LogP contribution in [0.5, 0.6) is 11.5 Å². The number of rotatable bonds is 7. The van der Waals surface area contributed by atoms with E-state index in [9.17, 15) is 9.90 Å². The Kier molecular flexibility index (Phi) is 6.22. The first kappa shape index (κ1) is 20.8. The van der Waals surface area contributed by atoms with Gasteiger partial charge in [0, 0.05) is 5.56 Å². The third kappa shape index (κ3) is 4.65. The summed E-state index contributed by atoms with van der Waals surface area (Å²) < 4.78 is 6.28. The maximum Gasteiger partial charge on any atom is 0.282 e. The highest BCUT2D eigenvalue weighted by Crippen LogP contribution is 2.14. The number of nitrogens with zero attached hydrogens (tertiary/aromatic N) is 4. The van der Waals surface area contributed by atoms with Crippen LogP contribution in [-0.2, 0) is 11.4 Å². The first-order valence-corrected chi connectivity index (χ1v) is 9.78. The molecule has 0 radical (unpaired) electrons. The molecular weight excluding hydrogens is 408 g/mol. The van der Waals surface area contributed by atoms with E-state index in [1.807, 2.05) is 24.3 Å². The highest BCUT2D eigenvalue weighted by molar-refractivity contribution is 5.83. The lowest BCUT2D eigenvalue weighted by Crippen LogP contribution is -2.22. The van der Waals surface area contributed by atoms with Crippen molar-refractivity contribution in [2.75, 3.05) is 7.11 Å². The van der Waals surface area contributed by atoms with Crippen molar-refractivity contribution in [1.29, 1.82) is 0 Å². The summed E-state index contributed by atoms with van der Waals surface area (Å²) in [6, 6.07) is 21.0. The predicted molar refractivity (Wildman–Crippen MR) is 122 cm³/mol. The van der Waals surface area contributed by atoms with Crippen LogP contribution in [-0.4, -0.2) is 34.3 Å². The Balaban J connectivity index is 1.61. The van der Waals surface area contributed by atoms with Crippen molar-refractivity contribution < 1.29 is 14.7 Å². The van der Waals surface area contributed by atoms with Gasteiger partial charge in [0.15, 0.2) is 12.4 Å². The molecule has 1 heterocycles. The maximum atomic E-state index is 13.0. The molecule has 0 unspecified atom stereocenters. The summed E-state index contributed by atoms with van der Waals surface area (Å²) in [5, 5.41) is 18.6. The average molecular weight is 428 g/mol. The molecule has 0 saturated carbocycles. The van der Waals surface area contributed by atoms with Crippen molar-refractivity contribution in [3.63, 3.8) is 0 Å². The Bertz CT molecular complexity index is 1340.